The van der Waals surface area contributed by atoms with Gasteiger partial charge in [0.15, 0.2) is 5.13 Å². The highest BCUT2D eigenvalue weighted by molar-refractivity contribution is 7.98. The molecular weight excluding hydrogens is 416 g/mol. The number of benzene rings is 2. The molecule has 0 unspecified atom stereocenters. The highest BCUT2D eigenvalue weighted by Gasteiger charge is 2.23. The summed E-state index contributed by atoms with van der Waals surface area (Å²) in [7, 11) is 0. The molecule has 7 heteroatoms. The van der Waals surface area contributed by atoms with Gasteiger partial charge < -0.3 is 9.15 Å². The van der Waals surface area contributed by atoms with Crippen molar-refractivity contribution in [3.63, 3.8) is 0 Å². The van der Waals surface area contributed by atoms with E-state index in [4.69, 9.17) is 14.1 Å². The quantitative estimate of drug-likeness (QED) is 0.319. The molecule has 0 spiro atoms. The van der Waals surface area contributed by atoms with Crippen LogP contribution in [-0.4, -0.2) is 23.3 Å². The summed E-state index contributed by atoms with van der Waals surface area (Å²) in [4.78, 5) is 21.0. The van der Waals surface area contributed by atoms with Crippen LogP contribution in [0.2, 0.25) is 0 Å². The molecule has 4 aromatic rings. The molecule has 0 bridgehead atoms. The van der Waals surface area contributed by atoms with Gasteiger partial charge in [-0.25, -0.2) is 4.98 Å². The fourth-order valence-corrected chi connectivity index (χ4v) is 4.70. The van der Waals surface area contributed by atoms with E-state index in [-0.39, 0.29) is 12.0 Å². The molecule has 2 aromatic heterocycles. The van der Waals surface area contributed by atoms with Gasteiger partial charge in [0.1, 0.15) is 11.5 Å². The summed E-state index contributed by atoms with van der Waals surface area (Å²) < 4.78 is 12.3. The molecule has 0 N–H and O–H groups in total. The summed E-state index contributed by atoms with van der Waals surface area (Å²) in [5.41, 5.74) is 1.49. The Labute approximate surface area is 183 Å². The van der Waals surface area contributed by atoms with Gasteiger partial charge in [-0.3, -0.25) is 9.69 Å². The number of thiazole rings is 1. The minimum absolute atomic E-state index is 0.0791. The number of rotatable bonds is 7. The van der Waals surface area contributed by atoms with Crippen molar-refractivity contribution in [2.75, 3.05) is 11.2 Å². The standard InChI is InChI=1S/C23H22N2O3S2/c1-15(2)28-17-11-9-16(10-12-17)22(26)25(14-18-6-5-13-27-18)23-24-21-19(29-3)7-4-8-20(21)30-23/h4-13,15H,14H2,1-3H3. The zero-order valence-electron chi connectivity index (χ0n) is 17.0. The average Bonchev–Trinajstić information content (AvgIpc) is 3.41. The number of amides is 1. The number of hydrogen-bond acceptors (Lipinski definition) is 6. The topological polar surface area (TPSA) is 55.6 Å². The number of carbonyl (C=O) groups excluding carboxylic acids is 1. The third kappa shape index (κ3) is 4.37. The third-order valence-electron chi connectivity index (χ3n) is 4.43. The van der Waals surface area contributed by atoms with Gasteiger partial charge in [0.05, 0.1) is 29.1 Å². The molecule has 0 aliphatic carbocycles. The van der Waals surface area contributed by atoms with Gasteiger partial charge >= 0.3 is 0 Å². The van der Waals surface area contributed by atoms with E-state index in [2.05, 4.69) is 0 Å². The number of fused-ring (bicyclic) bond motifs is 1. The van der Waals surface area contributed by atoms with Crippen molar-refractivity contribution in [2.24, 2.45) is 0 Å². The van der Waals surface area contributed by atoms with E-state index in [1.807, 2.05) is 62.6 Å². The van der Waals surface area contributed by atoms with Crippen LogP contribution < -0.4 is 9.64 Å². The Kier molecular flexibility index (Phi) is 6.11. The van der Waals surface area contributed by atoms with Crippen LogP contribution in [0.5, 0.6) is 5.75 Å². The predicted molar refractivity (Wildman–Crippen MR) is 123 cm³/mol. The molecule has 0 fully saturated rings. The van der Waals surface area contributed by atoms with E-state index in [0.29, 0.717) is 23.0 Å². The Bertz CT molecular complexity index is 1140. The molecule has 0 saturated carbocycles. The Morgan fingerprint density at radius 1 is 1.17 bits per heavy atom. The van der Waals surface area contributed by atoms with Crippen LogP contribution in [-0.2, 0) is 6.54 Å². The fraction of sp³-hybridized carbons (Fsp3) is 0.217. The van der Waals surface area contributed by atoms with Crippen molar-refractivity contribution >= 4 is 44.4 Å². The Hall–Kier alpha value is -2.77. The van der Waals surface area contributed by atoms with E-state index in [1.54, 1.807) is 35.1 Å². The van der Waals surface area contributed by atoms with Gasteiger partial charge in [-0.1, -0.05) is 17.4 Å². The second kappa shape index (κ2) is 8.93. The van der Waals surface area contributed by atoms with Crippen LogP contribution in [0.1, 0.15) is 30.0 Å². The van der Waals surface area contributed by atoms with Crippen molar-refractivity contribution < 1.29 is 13.9 Å². The molecule has 0 aliphatic heterocycles. The maximum atomic E-state index is 13.4. The van der Waals surface area contributed by atoms with E-state index >= 15 is 0 Å². The number of ether oxygens (including phenoxy) is 1. The Morgan fingerprint density at radius 3 is 2.63 bits per heavy atom. The second-order valence-corrected chi connectivity index (χ2v) is 8.82. The summed E-state index contributed by atoms with van der Waals surface area (Å²) in [5.74, 6) is 1.31. The number of furan rings is 1. The summed E-state index contributed by atoms with van der Waals surface area (Å²) in [6, 6.07) is 17.0. The van der Waals surface area contributed by atoms with E-state index in [9.17, 15) is 4.79 Å². The molecule has 0 saturated heterocycles. The highest BCUT2D eigenvalue weighted by atomic mass is 32.2. The zero-order chi connectivity index (χ0) is 21.1. The van der Waals surface area contributed by atoms with E-state index in [1.165, 1.54) is 11.3 Å². The molecule has 30 heavy (non-hydrogen) atoms. The smallest absolute Gasteiger partial charge is 0.260 e. The molecule has 2 heterocycles. The van der Waals surface area contributed by atoms with Crippen molar-refractivity contribution in [3.05, 3.63) is 72.2 Å². The molecule has 5 nitrogen and oxygen atoms in total. The van der Waals surface area contributed by atoms with Gasteiger partial charge in [0.25, 0.3) is 5.91 Å². The number of aromatic nitrogens is 1. The lowest BCUT2D eigenvalue weighted by atomic mass is 10.2. The minimum atomic E-state index is -0.132. The van der Waals surface area contributed by atoms with E-state index in [0.717, 1.165) is 20.9 Å². The number of carbonyl (C=O) groups is 1. The molecule has 154 valence electrons. The maximum Gasteiger partial charge on any atom is 0.260 e. The van der Waals surface area contributed by atoms with Crippen molar-refractivity contribution in [1.82, 2.24) is 4.98 Å². The van der Waals surface area contributed by atoms with Crippen LogP contribution in [0.4, 0.5) is 5.13 Å². The largest absolute Gasteiger partial charge is 0.491 e. The normalized spacial score (nSPS) is 11.2. The number of para-hydroxylation sites is 1. The fourth-order valence-electron chi connectivity index (χ4n) is 3.08. The monoisotopic (exact) mass is 438 g/mol. The van der Waals surface area contributed by atoms with E-state index < -0.39 is 0 Å². The van der Waals surface area contributed by atoms with Gasteiger partial charge in [-0.2, -0.15) is 0 Å². The first-order chi connectivity index (χ1) is 14.5. The Morgan fingerprint density at radius 2 is 1.97 bits per heavy atom. The first-order valence-electron chi connectivity index (χ1n) is 9.59. The lowest BCUT2D eigenvalue weighted by Crippen LogP contribution is -2.30. The number of hydrogen-bond donors (Lipinski definition) is 0. The summed E-state index contributed by atoms with van der Waals surface area (Å²) in [6.45, 7) is 4.25. The highest BCUT2D eigenvalue weighted by Crippen LogP contribution is 2.35. The van der Waals surface area contributed by atoms with Crippen LogP contribution in [0.25, 0.3) is 10.2 Å². The number of thioether (sulfide) groups is 1. The molecule has 0 atom stereocenters. The Balaban J connectivity index is 1.70. The first-order valence-corrected chi connectivity index (χ1v) is 11.6. The minimum Gasteiger partial charge on any atom is -0.491 e. The van der Waals surface area contributed by atoms with Crippen LogP contribution in [0.3, 0.4) is 0 Å². The molecule has 0 radical (unpaired) electrons. The van der Waals surface area contributed by atoms with Gasteiger partial charge in [0, 0.05) is 10.5 Å². The maximum absolute atomic E-state index is 13.4. The molecule has 1 amide bonds. The summed E-state index contributed by atoms with van der Waals surface area (Å²) in [5, 5.41) is 0.649. The van der Waals surface area contributed by atoms with Gasteiger partial charge in [-0.15, -0.1) is 11.8 Å². The lowest BCUT2D eigenvalue weighted by Gasteiger charge is -2.19. The van der Waals surface area contributed by atoms with Crippen LogP contribution in [0.15, 0.2) is 70.2 Å². The number of anilines is 1. The molecule has 0 aliphatic rings. The summed E-state index contributed by atoms with van der Waals surface area (Å²) in [6.07, 6.45) is 3.72. The molecule has 4 rings (SSSR count). The van der Waals surface area contributed by atoms with Crippen molar-refractivity contribution in [2.45, 2.75) is 31.4 Å². The first kappa shape index (κ1) is 20.5. The second-order valence-electron chi connectivity index (χ2n) is 6.97. The van der Waals surface area contributed by atoms with Crippen molar-refractivity contribution in [1.29, 1.82) is 0 Å². The predicted octanol–water partition coefficient (Wildman–Crippen LogP) is 6.25. The zero-order valence-corrected chi connectivity index (χ0v) is 18.6. The average molecular weight is 439 g/mol. The third-order valence-corrected chi connectivity index (χ3v) is 6.25. The summed E-state index contributed by atoms with van der Waals surface area (Å²) >= 11 is 3.15. The van der Waals surface area contributed by atoms with Crippen LogP contribution >= 0.6 is 23.1 Å². The lowest BCUT2D eigenvalue weighted by molar-refractivity contribution is 0.0983. The SMILES string of the molecule is CSc1cccc2sc(N(Cc3ccco3)C(=O)c3ccc(OC(C)C)cc3)nc12. The molecular formula is C23H22N2O3S2. The van der Waals surface area contributed by atoms with Gasteiger partial charge in [-0.05, 0) is 68.6 Å². The van der Waals surface area contributed by atoms with Gasteiger partial charge in [0.2, 0.25) is 0 Å². The van der Waals surface area contributed by atoms with Crippen molar-refractivity contribution in [3.8, 4) is 5.75 Å². The van der Waals surface area contributed by atoms with Crippen LogP contribution in [0, 0.1) is 0 Å². The number of nitrogens with zero attached hydrogens (tertiary/aromatic N) is 2. The molecule has 2 aromatic carbocycles.